The van der Waals surface area contributed by atoms with Gasteiger partial charge in [-0.2, -0.15) is 0 Å². The molecule has 0 saturated carbocycles. The summed E-state index contributed by atoms with van der Waals surface area (Å²) in [7, 11) is -1.76. The Labute approximate surface area is 150 Å². The SMILES string of the molecule is Cn1c(COP2(=O)N(CCCl)CCCN2CCCl)cnc1[N+](=O)[O-]. The molecule has 0 aliphatic carbocycles. The van der Waals surface area contributed by atoms with Crippen LogP contribution in [0.3, 0.4) is 0 Å². The first-order valence-corrected chi connectivity index (χ1v) is 10.1. The zero-order chi connectivity index (χ0) is 17.7. The van der Waals surface area contributed by atoms with Crippen molar-refractivity contribution < 1.29 is 14.0 Å². The van der Waals surface area contributed by atoms with E-state index in [0.29, 0.717) is 43.6 Å². The van der Waals surface area contributed by atoms with Gasteiger partial charge in [0.05, 0.1) is 7.05 Å². The summed E-state index contributed by atoms with van der Waals surface area (Å²) in [6.45, 7) is 2.06. The van der Waals surface area contributed by atoms with Crippen LogP contribution in [0.5, 0.6) is 0 Å². The highest BCUT2D eigenvalue weighted by atomic mass is 35.5. The first-order valence-electron chi connectivity index (χ1n) is 7.46. The van der Waals surface area contributed by atoms with Crippen molar-refractivity contribution >= 4 is 36.8 Å². The summed E-state index contributed by atoms with van der Waals surface area (Å²) in [5.74, 6) is 0.379. The van der Waals surface area contributed by atoms with Gasteiger partial charge in [-0.25, -0.2) is 13.9 Å². The van der Waals surface area contributed by atoms with Gasteiger partial charge < -0.3 is 10.1 Å². The van der Waals surface area contributed by atoms with Crippen LogP contribution in [0, 0.1) is 10.1 Å². The van der Waals surface area contributed by atoms with E-state index >= 15 is 0 Å². The van der Waals surface area contributed by atoms with Gasteiger partial charge in [0, 0.05) is 37.9 Å². The van der Waals surface area contributed by atoms with Gasteiger partial charge in [0.1, 0.15) is 18.5 Å². The molecule has 1 fully saturated rings. The summed E-state index contributed by atoms with van der Waals surface area (Å²) in [5, 5.41) is 10.9. The van der Waals surface area contributed by atoms with Crippen LogP contribution in [0.1, 0.15) is 12.1 Å². The predicted molar refractivity (Wildman–Crippen MR) is 91.5 cm³/mol. The first kappa shape index (κ1) is 19.6. The molecule has 0 unspecified atom stereocenters. The highest BCUT2D eigenvalue weighted by molar-refractivity contribution is 7.54. The highest BCUT2D eigenvalue weighted by Crippen LogP contribution is 2.56. The van der Waals surface area contributed by atoms with Crippen LogP contribution in [0.25, 0.3) is 0 Å². The average Bonchev–Trinajstić information content (AvgIpc) is 2.91. The second-order valence-electron chi connectivity index (χ2n) is 5.27. The Kier molecular flexibility index (Phi) is 7.03. The van der Waals surface area contributed by atoms with Crippen LogP contribution < -0.4 is 0 Å². The Hall–Kier alpha value is -0.700. The quantitative estimate of drug-likeness (QED) is 0.286. The van der Waals surface area contributed by atoms with Gasteiger partial charge in [0.15, 0.2) is 0 Å². The van der Waals surface area contributed by atoms with E-state index in [1.54, 1.807) is 9.34 Å². The number of rotatable bonds is 8. The molecule has 0 aromatic carbocycles. The summed E-state index contributed by atoms with van der Waals surface area (Å²) in [6.07, 6.45) is 2.20. The van der Waals surface area contributed by atoms with Crippen LogP contribution in [0.2, 0.25) is 0 Å². The Morgan fingerprint density at radius 3 is 2.38 bits per heavy atom. The molecule has 12 heteroatoms. The minimum absolute atomic E-state index is 0.0494. The lowest BCUT2D eigenvalue weighted by molar-refractivity contribution is -0.396. The van der Waals surface area contributed by atoms with Crippen LogP contribution in [-0.4, -0.2) is 61.8 Å². The lowest BCUT2D eigenvalue weighted by Crippen LogP contribution is -2.41. The number of imidazole rings is 1. The average molecular weight is 400 g/mol. The molecule has 1 aliphatic heterocycles. The van der Waals surface area contributed by atoms with Gasteiger partial charge in [-0.1, -0.05) is 4.98 Å². The third kappa shape index (κ3) is 4.09. The molecule has 1 aliphatic rings. The molecule has 0 N–H and O–H groups in total. The zero-order valence-corrected chi connectivity index (χ0v) is 15.7. The molecule has 2 heterocycles. The van der Waals surface area contributed by atoms with Crippen molar-refractivity contribution in [2.75, 3.05) is 37.9 Å². The predicted octanol–water partition coefficient (Wildman–Crippen LogP) is 2.44. The van der Waals surface area contributed by atoms with Crippen molar-refractivity contribution in [3.63, 3.8) is 0 Å². The number of nitro groups is 1. The van der Waals surface area contributed by atoms with Gasteiger partial charge in [-0.05, 0) is 11.3 Å². The fourth-order valence-electron chi connectivity index (χ4n) is 2.59. The summed E-state index contributed by atoms with van der Waals surface area (Å²) in [4.78, 5) is 14.0. The first-order chi connectivity index (χ1) is 11.4. The number of hydrogen-bond donors (Lipinski definition) is 0. The number of halogens is 2. The zero-order valence-electron chi connectivity index (χ0n) is 13.3. The molecule has 0 radical (unpaired) electrons. The normalized spacial score (nSPS) is 18.8. The Morgan fingerprint density at radius 1 is 1.33 bits per heavy atom. The standard InChI is InChI=1S/C12H20Cl2N5O4P/c1-16-11(9-15-12(16)19(20)21)10-23-24(22)17(7-3-13)5-2-6-18(24)8-4-14/h9H,2-8,10H2,1H3. The summed E-state index contributed by atoms with van der Waals surface area (Å²) >= 11 is 11.6. The molecule has 9 nitrogen and oxygen atoms in total. The van der Waals surface area contributed by atoms with Crippen molar-refractivity contribution in [1.29, 1.82) is 0 Å². The maximum atomic E-state index is 13.4. The van der Waals surface area contributed by atoms with Crippen molar-refractivity contribution in [3.8, 4) is 0 Å². The molecule has 0 amide bonds. The van der Waals surface area contributed by atoms with Crippen LogP contribution in [0.15, 0.2) is 6.20 Å². The van der Waals surface area contributed by atoms with E-state index in [1.807, 2.05) is 0 Å². The lowest BCUT2D eigenvalue weighted by Gasteiger charge is -2.41. The Morgan fingerprint density at radius 2 is 1.92 bits per heavy atom. The van der Waals surface area contributed by atoms with Gasteiger partial charge in [0.25, 0.3) is 0 Å². The molecule has 0 atom stereocenters. The molecule has 136 valence electrons. The largest absolute Gasteiger partial charge is 0.434 e. The van der Waals surface area contributed by atoms with E-state index in [1.165, 1.54) is 17.8 Å². The number of hydrogen-bond acceptors (Lipinski definition) is 5. The fourth-order valence-corrected chi connectivity index (χ4v) is 5.71. The van der Waals surface area contributed by atoms with E-state index in [4.69, 9.17) is 27.7 Å². The smallest absolute Gasteiger partial charge is 0.390 e. The van der Waals surface area contributed by atoms with Crippen molar-refractivity contribution in [3.05, 3.63) is 22.0 Å². The molecule has 2 rings (SSSR count). The number of aromatic nitrogens is 2. The van der Waals surface area contributed by atoms with E-state index in [9.17, 15) is 14.7 Å². The van der Waals surface area contributed by atoms with E-state index in [-0.39, 0.29) is 12.6 Å². The second kappa shape index (κ2) is 8.60. The van der Waals surface area contributed by atoms with E-state index in [2.05, 4.69) is 4.98 Å². The fraction of sp³-hybridized carbons (Fsp3) is 0.750. The van der Waals surface area contributed by atoms with E-state index < -0.39 is 12.6 Å². The third-order valence-corrected chi connectivity index (χ3v) is 6.87. The van der Waals surface area contributed by atoms with Crippen LogP contribution in [0.4, 0.5) is 5.95 Å². The van der Waals surface area contributed by atoms with Gasteiger partial charge >= 0.3 is 13.6 Å². The van der Waals surface area contributed by atoms with E-state index in [0.717, 1.165) is 6.42 Å². The Bertz CT molecular complexity index is 607. The second-order valence-corrected chi connectivity index (χ2v) is 8.40. The minimum atomic E-state index is -3.28. The summed E-state index contributed by atoms with van der Waals surface area (Å²) in [6, 6.07) is 0. The van der Waals surface area contributed by atoms with Crippen molar-refractivity contribution in [2.45, 2.75) is 13.0 Å². The minimum Gasteiger partial charge on any atom is -0.390 e. The molecule has 1 saturated heterocycles. The van der Waals surface area contributed by atoms with Gasteiger partial charge in [-0.3, -0.25) is 9.09 Å². The topological polar surface area (TPSA) is 93.7 Å². The molecule has 0 spiro atoms. The summed E-state index contributed by atoms with van der Waals surface area (Å²) < 4.78 is 24.0. The maximum absolute atomic E-state index is 13.4. The molecule has 1 aromatic heterocycles. The lowest BCUT2D eigenvalue weighted by atomic mass is 10.4. The van der Waals surface area contributed by atoms with Gasteiger partial charge in [-0.15, -0.1) is 23.2 Å². The third-order valence-electron chi connectivity index (χ3n) is 3.84. The Balaban J connectivity index is 2.18. The number of nitrogens with zero attached hydrogens (tertiary/aromatic N) is 5. The van der Waals surface area contributed by atoms with Crippen LogP contribution in [-0.2, 0) is 22.7 Å². The van der Waals surface area contributed by atoms with Crippen molar-refractivity contribution in [1.82, 2.24) is 18.9 Å². The summed E-state index contributed by atoms with van der Waals surface area (Å²) in [5.41, 5.74) is 0.471. The molecular weight excluding hydrogens is 380 g/mol. The highest BCUT2D eigenvalue weighted by Gasteiger charge is 2.41. The van der Waals surface area contributed by atoms with Crippen LogP contribution >= 0.6 is 30.9 Å². The van der Waals surface area contributed by atoms with Crippen molar-refractivity contribution in [2.24, 2.45) is 7.05 Å². The molecule has 1 aromatic rings. The molecular formula is C12H20Cl2N5O4P. The number of alkyl halides is 2. The molecule has 24 heavy (non-hydrogen) atoms. The maximum Gasteiger partial charge on any atom is 0.434 e. The monoisotopic (exact) mass is 399 g/mol. The molecule has 0 bridgehead atoms. The van der Waals surface area contributed by atoms with Gasteiger partial charge in [0.2, 0.25) is 0 Å².